The Hall–Kier alpha value is -2.37. The van der Waals surface area contributed by atoms with Crippen molar-refractivity contribution in [2.75, 3.05) is 10.6 Å². The smallest absolute Gasteiger partial charge is 0.307 e. The molecule has 0 radical (unpaired) electrons. The molecule has 0 bridgehead atoms. The molecule has 2 unspecified atom stereocenters. The van der Waals surface area contributed by atoms with Gasteiger partial charge in [0, 0.05) is 17.3 Å². The van der Waals surface area contributed by atoms with E-state index in [4.69, 9.17) is 5.11 Å². The Kier molecular flexibility index (Phi) is 4.49. The average molecular weight is 304 g/mol. The summed E-state index contributed by atoms with van der Waals surface area (Å²) < 4.78 is 0. The number of aliphatic carboxylic acids is 1. The number of amides is 2. The predicted octanol–water partition coefficient (Wildman–Crippen LogP) is 2.25. The van der Waals surface area contributed by atoms with Crippen molar-refractivity contribution < 1.29 is 19.5 Å². The zero-order chi connectivity index (χ0) is 16.4. The van der Waals surface area contributed by atoms with E-state index in [1.54, 1.807) is 32.0 Å². The van der Waals surface area contributed by atoms with E-state index >= 15 is 0 Å². The Morgan fingerprint density at radius 3 is 2.41 bits per heavy atom. The van der Waals surface area contributed by atoms with Gasteiger partial charge in [0.05, 0.1) is 11.8 Å². The molecule has 6 nitrogen and oxygen atoms in total. The lowest BCUT2D eigenvalue weighted by Crippen LogP contribution is -2.19. The van der Waals surface area contributed by atoms with Gasteiger partial charge in [-0.2, -0.15) is 0 Å². The highest BCUT2D eigenvalue weighted by atomic mass is 16.4. The summed E-state index contributed by atoms with van der Waals surface area (Å²) >= 11 is 0. The number of benzene rings is 1. The third-order valence-corrected chi connectivity index (χ3v) is 3.73. The summed E-state index contributed by atoms with van der Waals surface area (Å²) in [5.41, 5.74) is 2.04. The van der Waals surface area contributed by atoms with Gasteiger partial charge in [-0.05, 0) is 31.0 Å². The van der Waals surface area contributed by atoms with Crippen LogP contribution in [0.4, 0.5) is 11.4 Å². The van der Waals surface area contributed by atoms with Gasteiger partial charge in [0.25, 0.3) is 0 Å². The van der Waals surface area contributed by atoms with Crippen molar-refractivity contribution in [3.8, 4) is 0 Å². The Balaban J connectivity index is 2.06. The number of hydrogen-bond acceptors (Lipinski definition) is 3. The van der Waals surface area contributed by atoms with Crippen molar-refractivity contribution in [3.63, 3.8) is 0 Å². The van der Waals surface area contributed by atoms with Crippen LogP contribution in [0.1, 0.15) is 25.8 Å². The Morgan fingerprint density at radius 2 is 1.86 bits per heavy atom. The fourth-order valence-corrected chi connectivity index (χ4v) is 2.10. The normalized spacial score (nSPS) is 19.6. The van der Waals surface area contributed by atoms with Crippen molar-refractivity contribution in [3.05, 3.63) is 23.8 Å². The minimum atomic E-state index is -0.935. The quantitative estimate of drug-likeness (QED) is 0.777. The molecule has 1 saturated carbocycles. The van der Waals surface area contributed by atoms with E-state index in [-0.39, 0.29) is 17.7 Å². The first-order chi connectivity index (χ1) is 10.3. The number of carbonyl (C=O) groups is 3. The standard InChI is InChI=1S/C16H20N2O4/c1-8(2)14(19)17-10-5-4-9(3)13(6-10)18-15(20)11-7-12(11)16(21)22/h4-6,8,11-12H,7H2,1-3H3,(H,17,19)(H,18,20)(H,21,22). The molecule has 0 heterocycles. The number of carboxylic acids is 1. The monoisotopic (exact) mass is 304 g/mol. The fourth-order valence-electron chi connectivity index (χ4n) is 2.10. The molecule has 3 N–H and O–H groups in total. The second-order valence-corrected chi connectivity index (χ2v) is 5.95. The van der Waals surface area contributed by atoms with Crippen molar-refractivity contribution in [2.45, 2.75) is 27.2 Å². The lowest BCUT2D eigenvalue weighted by molar-refractivity contribution is -0.139. The third kappa shape index (κ3) is 3.63. The molecule has 2 amide bonds. The lowest BCUT2D eigenvalue weighted by atomic mass is 10.1. The average Bonchev–Trinajstić information content (AvgIpc) is 3.22. The number of hydrogen-bond donors (Lipinski definition) is 3. The van der Waals surface area contributed by atoms with E-state index in [1.807, 2.05) is 6.92 Å². The maximum Gasteiger partial charge on any atom is 0.307 e. The molecule has 1 fully saturated rings. The van der Waals surface area contributed by atoms with Crippen molar-refractivity contribution >= 4 is 29.2 Å². The summed E-state index contributed by atoms with van der Waals surface area (Å²) in [6.07, 6.45) is 0.379. The molecule has 1 aromatic rings. The molecule has 1 aromatic carbocycles. The first-order valence-corrected chi connectivity index (χ1v) is 7.24. The zero-order valence-electron chi connectivity index (χ0n) is 12.8. The van der Waals surface area contributed by atoms with Gasteiger partial charge >= 0.3 is 5.97 Å². The number of anilines is 2. The number of rotatable bonds is 5. The lowest BCUT2D eigenvalue weighted by Gasteiger charge is -2.12. The van der Waals surface area contributed by atoms with Gasteiger partial charge in [-0.25, -0.2) is 0 Å². The molecule has 1 aliphatic carbocycles. The number of carbonyl (C=O) groups excluding carboxylic acids is 2. The zero-order valence-corrected chi connectivity index (χ0v) is 12.8. The molecule has 0 saturated heterocycles. The van der Waals surface area contributed by atoms with E-state index < -0.39 is 17.8 Å². The molecular formula is C16H20N2O4. The van der Waals surface area contributed by atoms with Crippen molar-refractivity contribution in [1.29, 1.82) is 0 Å². The van der Waals surface area contributed by atoms with E-state index in [0.29, 0.717) is 17.8 Å². The van der Waals surface area contributed by atoms with Gasteiger partial charge in [0.2, 0.25) is 11.8 Å². The van der Waals surface area contributed by atoms with Crippen molar-refractivity contribution in [1.82, 2.24) is 0 Å². The maximum absolute atomic E-state index is 12.0. The number of carboxylic acid groups (broad SMARTS) is 1. The first kappa shape index (κ1) is 16.0. The topological polar surface area (TPSA) is 95.5 Å². The SMILES string of the molecule is Cc1ccc(NC(=O)C(C)C)cc1NC(=O)C1CC1C(=O)O. The summed E-state index contributed by atoms with van der Waals surface area (Å²) in [4.78, 5) is 34.5. The molecule has 0 spiro atoms. The van der Waals surface area contributed by atoms with Gasteiger partial charge in [-0.3, -0.25) is 14.4 Å². The molecule has 6 heteroatoms. The summed E-state index contributed by atoms with van der Waals surface area (Å²) in [5.74, 6) is -2.51. The molecule has 2 rings (SSSR count). The molecule has 2 atom stereocenters. The van der Waals surface area contributed by atoms with Crippen LogP contribution in [-0.2, 0) is 14.4 Å². The number of aryl methyl sites for hydroxylation is 1. The van der Waals surface area contributed by atoms with Crippen LogP contribution in [-0.4, -0.2) is 22.9 Å². The third-order valence-electron chi connectivity index (χ3n) is 3.73. The molecule has 1 aliphatic rings. The Bertz CT molecular complexity index is 625. The van der Waals surface area contributed by atoms with E-state index in [0.717, 1.165) is 5.56 Å². The Labute approximate surface area is 128 Å². The molecule has 118 valence electrons. The largest absolute Gasteiger partial charge is 0.481 e. The fraction of sp³-hybridized carbons (Fsp3) is 0.438. The molecule has 0 aromatic heterocycles. The van der Waals surface area contributed by atoms with Crippen LogP contribution in [0.3, 0.4) is 0 Å². The Morgan fingerprint density at radius 1 is 1.18 bits per heavy atom. The summed E-state index contributed by atoms with van der Waals surface area (Å²) in [5, 5.41) is 14.4. The second kappa shape index (κ2) is 6.17. The maximum atomic E-state index is 12.0. The van der Waals surface area contributed by atoms with Crippen LogP contribution in [0.25, 0.3) is 0 Å². The number of nitrogens with one attached hydrogen (secondary N) is 2. The van der Waals surface area contributed by atoms with E-state index in [2.05, 4.69) is 10.6 Å². The van der Waals surface area contributed by atoms with Gasteiger partial charge < -0.3 is 15.7 Å². The molecule has 22 heavy (non-hydrogen) atoms. The van der Waals surface area contributed by atoms with E-state index in [9.17, 15) is 14.4 Å². The highest BCUT2D eigenvalue weighted by molar-refractivity contribution is 5.99. The van der Waals surface area contributed by atoms with Gasteiger partial charge in [0.1, 0.15) is 0 Å². The van der Waals surface area contributed by atoms with Gasteiger partial charge in [0.15, 0.2) is 0 Å². The minimum Gasteiger partial charge on any atom is -0.481 e. The highest BCUT2D eigenvalue weighted by Gasteiger charge is 2.48. The summed E-state index contributed by atoms with van der Waals surface area (Å²) in [7, 11) is 0. The van der Waals surface area contributed by atoms with Crippen LogP contribution >= 0.6 is 0 Å². The summed E-state index contributed by atoms with van der Waals surface area (Å²) in [6, 6.07) is 5.25. The van der Waals surface area contributed by atoms with Crippen LogP contribution in [0.5, 0.6) is 0 Å². The van der Waals surface area contributed by atoms with Crippen LogP contribution < -0.4 is 10.6 Å². The van der Waals surface area contributed by atoms with Crippen LogP contribution in [0, 0.1) is 24.7 Å². The van der Waals surface area contributed by atoms with Crippen LogP contribution in [0.2, 0.25) is 0 Å². The minimum absolute atomic E-state index is 0.103. The predicted molar refractivity (Wildman–Crippen MR) is 82.5 cm³/mol. The van der Waals surface area contributed by atoms with Crippen molar-refractivity contribution in [2.24, 2.45) is 17.8 Å². The second-order valence-electron chi connectivity index (χ2n) is 5.95. The summed E-state index contributed by atoms with van der Waals surface area (Å²) in [6.45, 7) is 5.43. The highest BCUT2D eigenvalue weighted by Crippen LogP contribution is 2.39. The molecule has 0 aliphatic heterocycles. The van der Waals surface area contributed by atoms with Gasteiger partial charge in [-0.15, -0.1) is 0 Å². The first-order valence-electron chi connectivity index (χ1n) is 7.24. The van der Waals surface area contributed by atoms with Crippen LogP contribution in [0.15, 0.2) is 18.2 Å². The van der Waals surface area contributed by atoms with E-state index in [1.165, 1.54) is 0 Å². The van der Waals surface area contributed by atoms with Gasteiger partial charge in [-0.1, -0.05) is 19.9 Å². The molecular weight excluding hydrogens is 284 g/mol.